The lowest BCUT2D eigenvalue weighted by Gasteiger charge is -2.48. The third-order valence-electron chi connectivity index (χ3n) is 7.83. The number of aromatic amines is 1. The zero-order valence-electron chi connectivity index (χ0n) is 21.1. The van der Waals surface area contributed by atoms with Gasteiger partial charge in [-0.3, -0.25) is 24.6 Å². The predicted octanol–water partition coefficient (Wildman–Crippen LogP) is 2.52. The summed E-state index contributed by atoms with van der Waals surface area (Å²) in [6.45, 7) is 9.29. The molecule has 11 heteroatoms. The van der Waals surface area contributed by atoms with Crippen molar-refractivity contribution in [1.29, 1.82) is 0 Å². The third kappa shape index (κ3) is 4.51. The van der Waals surface area contributed by atoms with Gasteiger partial charge in [0.05, 0.1) is 46.3 Å². The molecule has 2 saturated heterocycles. The molecule has 1 aromatic carbocycles. The summed E-state index contributed by atoms with van der Waals surface area (Å²) in [7, 11) is 0. The van der Waals surface area contributed by atoms with Crippen LogP contribution in [-0.2, 0) is 9.53 Å². The number of benzene rings is 1. The van der Waals surface area contributed by atoms with Crippen LogP contribution >= 0.6 is 11.3 Å². The van der Waals surface area contributed by atoms with Crippen LogP contribution in [0.5, 0.6) is 0 Å². The molecule has 5 heterocycles. The molecule has 0 radical (unpaired) electrons. The van der Waals surface area contributed by atoms with E-state index in [0.29, 0.717) is 6.61 Å². The Morgan fingerprint density at radius 1 is 1.19 bits per heavy atom. The van der Waals surface area contributed by atoms with E-state index in [1.807, 2.05) is 32.3 Å². The van der Waals surface area contributed by atoms with Crippen LogP contribution in [0.1, 0.15) is 36.6 Å². The van der Waals surface area contributed by atoms with Crippen LogP contribution in [0.15, 0.2) is 43.0 Å². The topological polar surface area (TPSA) is 117 Å². The molecule has 194 valence electrons. The largest absolute Gasteiger partial charge is 0.371 e. The normalized spacial score (nSPS) is 21.5. The Bertz CT molecular complexity index is 1380. The highest BCUT2D eigenvalue weighted by Gasteiger charge is 2.39. The van der Waals surface area contributed by atoms with Crippen LogP contribution in [-0.4, -0.2) is 92.2 Å². The Kier molecular flexibility index (Phi) is 6.41. The number of morpholine rings is 1. The summed E-state index contributed by atoms with van der Waals surface area (Å²) in [5, 5.41) is 8.42. The summed E-state index contributed by atoms with van der Waals surface area (Å²) in [4.78, 5) is 29.3. The maximum Gasteiger partial charge on any atom is 0.237 e. The molecule has 2 aliphatic rings. The minimum atomic E-state index is -0.665. The summed E-state index contributed by atoms with van der Waals surface area (Å²) >= 11 is 1.75. The molecule has 0 saturated carbocycles. The standard InChI is InChI=1S/C26H32N8O2S/c1-26(2,25(27)35)34-8-6-32(7-9-34)24(22-12-20-23(37-22)14-28-16-29-20)33-10-11-36-21(15-33)17-4-3-5-19-18(17)13-30-31-19/h3-5,12-14,16,21,24H,6-11,15H2,1-2H3,(H2,27,35)(H,30,31). The van der Waals surface area contributed by atoms with Gasteiger partial charge in [-0.2, -0.15) is 5.10 Å². The molecule has 0 aliphatic carbocycles. The number of nitrogens with two attached hydrogens (primary N) is 1. The van der Waals surface area contributed by atoms with Gasteiger partial charge in [0, 0.05) is 55.7 Å². The Hall–Kier alpha value is -2.96. The maximum atomic E-state index is 12.1. The number of primary amides is 1. The second-order valence-corrected chi connectivity index (χ2v) is 11.4. The van der Waals surface area contributed by atoms with Gasteiger partial charge in [0.2, 0.25) is 5.91 Å². The Morgan fingerprint density at radius 3 is 2.81 bits per heavy atom. The second kappa shape index (κ2) is 9.73. The smallest absolute Gasteiger partial charge is 0.237 e. The molecule has 37 heavy (non-hydrogen) atoms. The summed E-state index contributed by atoms with van der Waals surface area (Å²) in [6, 6.07) is 8.44. The highest BCUT2D eigenvalue weighted by Crippen LogP contribution is 2.38. The van der Waals surface area contributed by atoms with Crippen molar-refractivity contribution >= 4 is 38.4 Å². The van der Waals surface area contributed by atoms with E-state index in [4.69, 9.17) is 10.5 Å². The second-order valence-electron chi connectivity index (χ2n) is 10.3. The van der Waals surface area contributed by atoms with Crippen molar-refractivity contribution in [1.82, 2.24) is 34.9 Å². The van der Waals surface area contributed by atoms with Crippen molar-refractivity contribution in [3.63, 3.8) is 0 Å². The molecule has 2 fully saturated rings. The molecule has 2 unspecified atom stereocenters. The van der Waals surface area contributed by atoms with Crippen molar-refractivity contribution in [2.45, 2.75) is 31.7 Å². The number of nitrogens with one attached hydrogen (secondary N) is 1. The van der Waals surface area contributed by atoms with Gasteiger partial charge in [-0.05, 0) is 31.5 Å². The number of piperazine rings is 1. The van der Waals surface area contributed by atoms with Crippen LogP contribution in [0.3, 0.4) is 0 Å². The van der Waals surface area contributed by atoms with Gasteiger partial charge < -0.3 is 10.5 Å². The number of H-pyrrole nitrogens is 1. The number of thiophene rings is 1. The molecular weight excluding hydrogens is 488 g/mol. The average Bonchev–Trinajstić information content (AvgIpc) is 3.56. The maximum absolute atomic E-state index is 12.1. The van der Waals surface area contributed by atoms with Gasteiger partial charge in [0.1, 0.15) is 6.33 Å². The summed E-state index contributed by atoms with van der Waals surface area (Å²) in [5.74, 6) is -0.287. The predicted molar refractivity (Wildman–Crippen MR) is 143 cm³/mol. The Balaban J connectivity index is 1.30. The molecule has 4 aromatic rings. The van der Waals surface area contributed by atoms with E-state index in [1.165, 1.54) is 4.88 Å². The van der Waals surface area contributed by atoms with Crippen LogP contribution in [0, 0.1) is 0 Å². The van der Waals surface area contributed by atoms with Crippen LogP contribution in [0.4, 0.5) is 0 Å². The highest BCUT2D eigenvalue weighted by atomic mass is 32.1. The first-order valence-electron chi connectivity index (χ1n) is 12.7. The molecule has 10 nitrogen and oxygen atoms in total. The number of fused-ring (bicyclic) bond motifs is 2. The lowest BCUT2D eigenvalue weighted by molar-refractivity contribution is -0.131. The number of aromatic nitrogens is 4. The first-order valence-corrected chi connectivity index (χ1v) is 13.5. The monoisotopic (exact) mass is 520 g/mol. The van der Waals surface area contributed by atoms with Crippen molar-refractivity contribution in [3.05, 3.63) is 53.4 Å². The molecule has 0 bridgehead atoms. The van der Waals surface area contributed by atoms with E-state index in [0.717, 1.165) is 66.0 Å². The van der Waals surface area contributed by atoms with Gasteiger partial charge in [0.15, 0.2) is 0 Å². The van der Waals surface area contributed by atoms with Gasteiger partial charge >= 0.3 is 0 Å². The molecule has 3 aromatic heterocycles. The van der Waals surface area contributed by atoms with Crippen molar-refractivity contribution < 1.29 is 9.53 Å². The quantitative estimate of drug-likeness (QED) is 0.398. The summed E-state index contributed by atoms with van der Waals surface area (Å²) in [6.07, 6.45) is 5.40. The summed E-state index contributed by atoms with van der Waals surface area (Å²) < 4.78 is 7.40. The van der Waals surface area contributed by atoms with E-state index < -0.39 is 5.54 Å². The van der Waals surface area contributed by atoms with E-state index >= 15 is 0 Å². The minimum absolute atomic E-state index is 0.0539. The van der Waals surface area contributed by atoms with Gasteiger partial charge in [-0.15, -0.1) is 11.3 Å². The number of hydrogen-bond acceptors (Lipinski definition) is 9. The van der Waals surface area contributed by atoms with Crippen molar-refractivity contribution in [2.24, 2.45) is 5.73 Å². The number of ether oxygens (including phenoxy) is 1. The number of carbonyl (C=O) groups excluding carboxylic acids is 1. The lowest BCUT2D eigenvalue weighted by atomic mass is 10.0. The van der Waals surface area contributed by atoms with Crippen molar-refractivity contribution in [3.8, 4) is 0 Å². The fourth-order valence-corrected chi connectivity index (χ4v) is 6.71. The molecule has 2 atom stereocenters. The Labute approximate surface area is 219 Å². The zero-order valence-corrected chi connectivity index (χ0v) is 21.9. The van der Waals surface area contributed by atoms with E-state index in [9.17, 15) is 4.79 Å². The van der Waals surface area contributed by atoms with Gasteiger partial charge in [-0.25, -0.2) is 9.97 Å². The number of rotatable bonds is 6. The molecule has 6 rings (SSSR count). The van der Waals surface area contributed by atoms with Crippen LogP contribution in [0.25, 0.3) is 21.1 Å². The van der Waals surface area contributed by atoms with E-state index in [2.05, 4.69) is 53.1 Å². The van der Waals surface area contributed by atoms with Gasteiger partial charge in [-0.1, -0.05) is 12.1 Å². The molecule has 0 spiro atoms. The first kappa shape index (κ1) is 24.4. The van der Waals surface area contributed by atoms with E-state index in [1.54, 1.807) is 17.7 Å². The van der Waals surface area contributed by atoms with Crippen LogP contribution in [0.2, 0.25) is 0 Å². The van der Waals surface area contributed by atoms with E-state index in [-0.39, 0.29) is 18.2 Å². The number of hydrogen-bond donors (Lipinski definition) is 2. The van der Waals surface area contributed by atoms with Gasteiger partial charge in [0.25, 0.3) is 0 Å². The molecular formula is C26H32N8O2S. The van der Waals surface area contributed by atoms with Crippen LogP contribution < -0.4 is 5.73 Å². The van der Waals surface area contributed by atoms with Crippen molar-refractivity contribution in [2.75, 3.05) is 45.9 Å². The average molecular weight is 521 g/mol. The molecule has 1 amide bonds. The molecule has 3 N–H and O–H groups in total. The summed E-state index contributed by atoms with van der Waals surface area (Å²) in [5.41, 5.74) is 8.20. The third-order valence-corrected chi connectivity index (χ3v) is 8.93. The molecule has 2 aliphatic heterocycles. The Morgan fingerprint density at radius 2 is 2.03 bits per heavy atom. The first-order chi connectivity index (χ1) is 17.9. The lowest BCUT2D eigenvalue weighted by Crippen LogP contribution is -2.61. The fraction of sp³-hybridized carbons (Fsp3) is 0.462. The zero-order chi connectivity index (χ0) is 25.6. The SMILES string of the molecule is CC(C)(C(N)=O)N1CCN(C(c2cc3ncncc3s2)N2CCOC(c3cccc4[nH]ncc34)C2)CC1. The number of nitrogens with zero attached hydrogens (tertiary/aromatic N) is 6. The highest BCUT2D eigenvalue weighted by molar-refractivity contribution is 7.19. The fourth-order valence-electron chi connectivity index (χ4n) is 5.56. The number of amides is 1. The number of carbonyl (C=O) groups is 1. The minimum Gasteiger partial charge on any atom is -0.371 e.